The number of hydrogen-bond acceptors (Lipinski definition) is 4. The van der Waals surface area contributed by atoms with E-state index in [-0.39, 0.29) is 5.41 Å². The van der Waals surface area contributed by atoms with Gasteiger partial charge in [-0.25, -0.2) is 9.97 Å². The van der Waals surface area contributed by atoms with Crippen LogP contribution >= 0.6 is 0 Å². The minimum absolute atomic E-state index is 0.153. The molecule has 10 rings (SSSR count). The van der Waals surface area contributed by atoms with E-state index in [1.165, 1.54) is 44.2 Å². The molecule has 0 atom stereocenters. The Morgan fingerprint density at radius 1 is 0.667 bits per heavy atom. The van der Waals surface area contributed by atoms with E-state index in [1.54, 1.807) is 6.33 Å². The number of hydrogen-bond donors (Lipinski definition) is 0. The fraction of sp³-hybridized carbons (Fsp3) is 0.0732. The zero-order valence-electron chi connectivity index (χ0n) is 24.9. The molecular formula is C41H27N3O. The monoisotopic (exact) mass is 577 g/mol. The van der Waals surface area contributed by atoms with Gasteiger partial charge in [0.15, 0.2) is 0 Å². The molecule has 0 bridgehead atoms. The van der Waals surface area contributed by atoms with E-state index in [4.69, 9.17) is 9.40 Å². The van der Waals surface area contributed by atoms with Crippen molar-refractivity contribution in [3.05, 3.63) is 139 Å². The highest BCUT2D eigenvalue weighted by Gasteiger charge is 2.39. The second-order valence-electron chi connectivity index (χ2n) is 12.7. The summed E-state index contributed by atoms with van der Waals surface area (Å²) >= 11 is 0. The second kappa shape index (κ2) is 8.67. The lowest BCUT2D eigenvalue weighted by Gasteiger charge is -2.33. The third kappa shape index (κ3) is 3.26. The van der Waals surface area contributed by atoms with Gasteiger partial charge in [-0.05, 0) is 69.6 Å². The maximum atomic E-state index is 6.59. The second-order valence-corrected chi connectivity index (χ2v) is 12.7. The predicted molar refractivity (Wildman–Crippen MR) is 183 cm³/mol. The van der Waals surface area contributed by atoms with Crippen molar-refractivity contribution in [2.75, 3.05) is 4.90 Å². The van der Waals surface area contributed by atoms with E-state index in [9.17, 15) is 0 Å². The fourth-order valence-corrected chi connectivity index (χ4v) is 7.83. The van der Waals surface area contributed by atoms with Crippen LogP contribution in [0.4, 0.5) is 17.1 Å². The summed E-state index contributed by atoms with van der Waals surface area (Å²) in [5, 5.41) is 4.69. The summed E-state index contributed by atoms with van der Waals surface area (Å²) in [6, 6.07) is 41.5. The Hall–Kier alpha value is -5.74. The van der Waals surface area contributed by atoms with Gasteiger partial charge in [0.05, 0.1) is 23.3 Å². The average molecular weight is 578 g/mol. The molecule has 4 nitrogen and oxygen atoms in total. The minimum atomic E-state index is -0.153. The van der Waals surface area contributed by atoms with Crippen molar-refractivity contribution < 1.29 is 4.42 Å². The van der Waals surface area contributed by atoms with E-state index in [0.29, 0.717) is 0 Å². The maximum Gasteiger partial charge on any atom is 0.143 e. The quantitative estimate of drug-likeness (QED) is 0.205. The summed E-state index contributed by atoms with van der Waals surface area (Å²) in [7, 11) is 0. The molecule has 0 N–H and O–H groups in total. The van der Waals surface area contributed by atoms with Crippen molar-refractivity contribution in [2.45, 2.75) is 19.3 Å². The topological polar surface area (TPSA) is 42.2 Å². The smallest absolute Gasteiger partial charge is 0.143 e. The molecule has 1 aliphatic heterocycles. The molecule has 1 aliphatic carbocycles. The largest absolute Gasteiger partial charge is 0.455 e. The van der Waals surface area contributed by atoms with Crippen molar-refractivity contribution in [2.24, 2.45) is 0 Å². The first-order chi connectivity index (χ1) is 22.1. The highest BCUT2D eigenvalue weighted by atomic mass is 16.3. The van der Waals surface area contributed by atoms with Gasteiger partial charge in [-0.1, -0.05) is 92.7 Å². The Balaban J connectivity index is 1.23. The van der Waals surface area contributed by atoms with Crippen molar-refractivity contribution in [3.8, 4) is 33.5 Å². The number of fused-ring (bicyclic) bond motifs is 9. The molecule has 8 aromatic rings. The Labute approximate surface area is 260 Å². The van der Waals surface area contributed by atoms with Crippen LogP contribution in [0.3, 0.4) is 0 Å². The number of rotatable bonds is 2. The van der Waals surface area contributed by atoms with Gasteiger partial charge in [0, 0.05) is 38.4 Å². The lowest BCUT2D eigenvalue weighted by atomic mass is 9.82. The number of aromatic nitrogens is 2. The molecular weight excluding hydrogens is 550 g/mol. The molecule has 45 heavy (non-hydrogen) atoms. The molecule has 0 fully saturated rings. The molecule has 0 unspecified atom stereocenters. The van der Waals surface area contributed by atoms with Gasteiger partial charge < -0.3 is 9.32 Å². The molecule has 0 saturated heterocycles. The summed E-state index contributed by atoms with van der Waals surface area (Å²) in [5.74, 6) is 0. The van der Waals surface area contributed by atoms with Crippen LogP contribution in [0.5, 0.6) is 0 Å². The van der Waals surface area contributed by atoms with Crippen LogP contribution < -0.4 is 4.90 Å². The van der Waals surface area contributed by atoms with Crippen molar-refractivity contribution in [3.63, 3.8) is 0 Å². The summed E-state index contributed by atoms with van der Waals surface area (Å²) in [6.45, 7) is 4.63. The van der Waals surface area contributed by atoms with Crippen LogP contribution in [0.15, 0.2) is 132 Å². The number of para-hydroxylation sites is 1. The first-order valence-electron chi connectivity index (χ1n) is 15.4. The summed E-state index contributed by atoms with van der Waals surface area (Å²) in [5.41, 5.74) is 14.4. The third-order valence-electron chi connectivity index (χ3n) is 9.92. The Bertz CT molecular complexity index is 2530. The van der Waals surface area contributed by atoms with E-state index >= 15 is 0 Å². The molecule has 4 heteroatoms. The predicted octanol–water partition coefficient (Wildman–Crippen LogP) is 11.0. The van der Waals surface area contributed by atoms with Crippen molar-refractivity contribution in [1.82, 2.24) is 9.97 Å². The molecule has 0 radical (unpaired) electrons. The van der Waals surface area contributed by atoms with Gasteiger partial charge in [0.25, 0.3) is 0 Å². The molecule has 3 heterocycles. The van der Waals surface area contributed by atoms with Gasteiger partial charge in [0.1, 0.15) is 17.5 Å². The molecule has 0 saturated carbocycles. The third-order valence-corrected chi connectivity index (χ3v) is 9.92. The molecule has 212 valence electrons. The van der Waals surface area contributed by atoms with Gasteiger partial charge in [-0.2, -0.15) is 0 Å². The number of furan rings is 1. The first-order valence-corrected chi connectivity index (χ1v) is 15.4. The normalized spacial score (nSPS) is 14.1. The van der Waals surface area contributed by atoms with Gasteiger partial charge in [-0.15, -0.1) is 0 Å². The Kier molecular flexibility index (Phi) is 4.76. The molecule has 0 amide bonds. The van der Waals surface area contributed by atoms with Crippen molar-refractivity contribution >= 4 is 49.8 Å². The lowest BCUT2D eigenvalue weighted by molar-refractivity contribution is 0.653. The number of anilines is 3. The molecule has 0 spiro atoms. The summed E-state index contributed by atoms with van der Waals surface area (Å²) < 4.78 is 6.59. The van der Waals surface area contributed by atoms with Gasteiger partial charge in [0.2, 0.25) is 0 Å². The van der Waals surface area contributed by atoms with Crippen LogP contribution in [-0.2, 0) is 5.41 Å². The maximum absolute atomic E-state index is 6.59. The van der Waals surface area contributed by atoms with Gasteiger partial charge >= 0.3 is 0 Å². The first kappa shape index (κ1) is 24.7. The SMILES string of the molecule is CC1(C)c2ccc(N3c4cncnc4-c4cc(-c5ccccc5)cc5cccc3c45)cc2-c2c1ccc1c2oc2ccccc21. The number of benzene rings is 6. The van der Waals surface area contributed by atoms with Crippen LogP contribution in [0.2, 0.25) is 0 Å². The Morgan fingerprint density at radius 2 is 1.51 bits per heavy atom. The highest BCUT2D eigenvalue weighted by molar-refractivity contribution is 6.15. The number of nitrogens with zero attached hydrogens (tertiary/aromatic N) is 3. The summed E-state index contributed by atoms with van der Waals surface area (Å²) in [6.07, 6.45) is 3.60. The van der Waals surface area contributed by atoms with E-state index in [0.717, 1.165) is 50.3 Å². The van der Waals surface area contributed by atoms with Crippen LogP contribution in [-0.4, -0.2) is 9.97 Å². The van der Waals surface area contributed by atoms with Crippen LogP contribution in [0, 0.1) is 0 Å². The van der Waals surface area contributed by atoms with Crippen LogP contribution in [0.1, 0.15) is 25.0 Å². The molecule has 2 aliphatic rings. The van der Waals surface area contributed by atoms with E-state index in [2.05, 4.69) is 133 Å². The van der Waals surface area contributed by atoms with E-state index in [1.807, 2.05) is 12.3 Å². The summed E-state index contributed by atoms with van der Waals surface area (Å²) in [4.78, 5) is 11.7. The lowest BCUT2D eigenvalue weighted by Crippen LogP contribution is -2.17. The zero-order chi connectivity index (χ0) is 29.9. The molecule has 6 aromatic carbocycles. The minimum Gasteiger partial charge on any atom is -0.455 e. The highest BCUT2D eigenvalue weighted by Crippen LogP contribution is 2.56. The van der Waals surface area contributed by atoms with Crippen LogP contribution in [0.25, 0.3) is 66.2 Å². The molecule has 2 aromatic heterocycles. The fourth-order valence-electron chi connectivity index (χ4n) is 7.83. The van der Waals surface area contributed by atoms with E-state index < -0.39 is 0 Å². The van der Waals surface area contributed by atoms with Crippen molar-refractivity contribution in [1.29, 1.82) is 0 Å². The Morgan fingerprint density at radius 3 is 2.42 bits per heavy atom. The average Bonchev–Trinajstić information content (AvgIpc) is 3.57. The standard InChI is InChI=1S/C41H27N3O/c1-41(2)32-17-15-27(21-30(32)38-33(41)18-16-29-28-12-6-7-14-36(28)45-40(29)38)44-34-13-8-11-25-19-26(24-9-4-3-5-10-24)20-31(37(25)34)39-35(44)22-42-23-43-39/h3-23H,1-2H3. The van der Waals surface area contributed by atoms with Gasteiger partial charge in [-0.3, -0.25) is 0 Å². The zero-order valence-corrected chi connectivity index (χ0v) is 24.9.